The Hall–Kier alpha value is -3.51. The highest BCUT2D eigenvalue weighted by atomic mass is 35.5. The van der Waals surface area contributed by atoms with Crippen molar-refractivity contribution >= 4 is 34.9 Å². The van der Waals surface area contributed by atoms with Crippen LogP contribution >= 0.6 is 11.6 Å². The number of hydrogen-bond donors (Lipinski definition) is 0. The van der Waals surface area contributed by atoms with Crippen LogP contribution in [-0.2, 0) is 0 Å². The van der Waals surface area contributed by atoms with Gasteiger partial charge in [0.05, 0.1) is 15.5 Å². The summed E-state index contributed by atoms with van der Waals surface area (Å²) in [6, 6.07) is 13.9. The number of carbonyl (C=O) groups excluding carboxylic acids is 2. The van der Waals surface area contributed by atoms with E-state index in [1.165, 1.54) is 24.3 Å². The fourth-order valence-corrected chi connectivity index (χ4v) is 3.21. The van der Waals surface area contributed by atoms with Crippen molar-refractivity contribution in [3.63, 3.8) is 0 Å². The Morgan fingerprint density at radius 1 is 0.926 bits per heavy atom. The van der Waals surface area contributed by atoms with E-state index in [9.17, 15) is 19.7 Å². The summed E-state index contributed by atoms with van der Waals surface area (Å²) in [7, 11) is 0. The second-order valence-corrected chi connectivity index (χ2v) is 6.29. The Labute approximate surface area is 157 Å². The highest BCUT2D eigenvalue weighted by Crippen LogP contribution is 2.33. The van der Waals surface area contributed by atoms with Gasteiger partial charge in [-0.25, -0.2) is 0 Å². The van der Waals surface area contributed by atoms with Crippen molar-refractivity contribution in [1.29, 1.82) is 0 Å². The molecule has 0 aliphatic heterocycles. The number of Topliss-reactive ketones (excluding diaryl/α,β-unsaturated/α-hetero) is 2. The van der Waals surface area contributed by atoms with E-state index in [2.05, 4.69) is 0 Å². The molecule has 0 N–H and O–H groups in total. The quantitative estimate of drug-likeness (QED) is 0.277. The van der Waals surface area contributed by atoms with Crippen molar-refractivity contribution in [3.8, 4) is 11.3 Å². The lowest BCUT2D eigenvalue weighted by atomic mass is 10.1. The molecule has 1 aromatic heterocycles. The van der Waals surface area contributed by atoms with Gasteiger partial charge >= 0.3 is 0 Å². The third-order valence-electron chi connectivity index (χ3n) is 4.25. The molecule has 0 fully saturated rings. The first-order valence-electron chi connectivity index (χ1n) is 7.90. The molecule has 7 heteroatoms. The molecule has 132 valence electrons. The molecule has 0 radical (unpaired) electrons. The van der Waals surface area contributed by atoms with Crippen LogP contribution in [0.4, 0.5) is 5.69 Å². The van der Waals surface area contributed by atoms with Crippen LogP contribution < -0.4 is 0 Å². The van der Waals surface area contributed by atoms with Crippen molar-refractivity contribution in [2.75, 3.05) is 0 Å². The van der Waals surface area contributed by atoms with Crippen molar-refractivity contribution in [2.24, 2.45) is 0 Å². The van der Waals surface area contributed by atoms with Crippen LogP contribution in [0.15, 0.2) is 64.6 Å². The topological polar surface area (TPSA) is 90.4 Å². The maximum atomic E-state index is 12.4. The molecule has 3 aromatic rings. The van der Waals surface area contributed by atoms with Crippen LogP contribution in [0, 0.1) is 10.1 Å². The van der Waals surface area contributed by atoms with Gasteiger partial charge in [-0.05, 0) is 24.3 Å². The number of rotatable bonds is 3. The number of nitro benzene ring substituents is 1. The zero-order chi connectivity index (χ0) is 19.1. The Morgan fingerprint density at radius 3 is 2.19 bits per heavy atom. The van der Waals surface area contributed by atoms with Gasteiger partial charge in [-0.3, -0.25) is 19.7 Å². The predicted octanol–water partition coefficient (Wildman–Crippen LogP) is 4.97. The summed E-state index contributed by atoms with van der Waals surface area (Å²) in [5, 5.41) is 11.0. The molecule has 4 rings (SSSR count). The lowest BCUT2D eigenvalue weighted by molar-refractivity contribution is -0.384. The number of benzene rings is 2. The maximum absolute atomic E-state index is 12.4. The van der Waals surface area contributed by atoms with Gasteiger partial charge in [-0.15, -0.1) is 0 Å². The van der Waals surface area contributed by atoms with E-state index in [0.29, 0.717) is 28.2 Å². The van der Waals surface area contributed by atoms with Crippen LogP contribution in [0.25, 0.3) is 17.4 Å². The van der Waals surface area contributed by atoms with Crippen molar-refractivity contribution in [2.45, 2.75) is 0 Å². The van der Waals surface area contributed by atoms with Crippen molar-refractivity contribution in [1.82, 2.24) is 0 Å². The van der Waals surface area contributed by atoms with E-state index in [-0.39, 0.29) is 27.8 Å². The Bertz CT molecular complexity index is 1120. The first kappa shape index (κ1) is 16.9. The minimum absolute atomic E-state index is 0.0342. The molecule has 0 atom stereocenters. The van der Waals surface area contributed by atoms with Crippen molar-refractivity contribution in [3.05, 3.63) is 92.2 Å². The van der Waals surface area contributed by atoms with Gasteiger partial charge < -0.3 is 4.42 Å². The molecular weight excluding hydrogens is 370 g/mol. The van der Waals surface area contributed by atoms with E-state index in [0.717, 1.165) is 0 Å². The Kier molecular flexibility index (Phi) is 3.97. The summed E-state index contributed by atoms with van der Waals surface area (Å²) < 4.78 is 5.67. The summed E-state index contributed by atoms with van der Waals surface area (Å²) in [6.07, 6.45) is 1.40. The monoisotopic (exact) mass is 379 g/mol. The third-order valence-corrected chi connectivity index (χ3v) is 4.56. The predicted molar refractivity (Wildman–Crippen MR) is 98.9 cm³/mol. The van der Waals surface area contributed by atoms with Gasteiger partial charge in [0, 0.05) is 28.8 Å². The van der Waals surface area contributed by atoms with Gasteiger partial charge in [0.15, 0.2) is 11.6 Å². The summed E-state index contributed by atoms with van der Waals surface area (Å²) in [6.45, 7) is 0. The molecule has 1 aliphatic carbocycles. The van der Waals surface area contributed by atoms with Gasteiger partial charge in [0.25, 0.3) is 5.69 Å². The van der Waals surface area contributed by atoms with Gasteiger partial charge in [-0.2, -0.15) is 0 Å². The van der Waals surface area contributed by atoms with Gasteiger partial charge in [0.1, 0.15) is 11.5 Å². The molecule has 1 heterocycles. The SMILES string of the molecule is O=C1C(=Cc2ccc(-c3ccc([N+](=O)[O-])cc3Cl)o2)C(=O)c2ccccc21. The van der Waals surface area contributed by atoms with E-state index in [1.54, 1.807) is 36.4 Å². The minimum atomic E-state index is -0.539. The molecule has 0 bridgehead atoms. The molecular formula is C20H10ClNO5. The number of nitro groups is 1. The number of allylic oxidation sites excluding steroid dienone is 1. The van der Waals surface area contributed by atoms with Crippen LogP contribution in [0.2, 0.25) is 5.02 Å². The van der Waals surface area contributed by atoms with Gasteiger partial charge in [-0.1, -0.05) is 35.9 Å². The lowest BCUT2D eigenvalue weighted by Gasteiger charge is -2.00. The molecule has 0 amide bonds. The fourth-order valence-electron chi connectivity index (χ4n) is 2.94. The average molecular weight is 380 g/mol. The molecule has 2 aromatic carbocycles. The Morgan fingerprint density at radius 2 is 1.59 bits per heavy atom. The molecule has 1 aliphatic rings. The first-order valence-corrected chi connectivity index (χ1v) is 8.28. The molecule has 0 saturated heterocycles. The first-order chi connectivity index (χ1) is 13.0. The van der Waals surface area contributed by atoms with E-state index in [4.69, 9.17) is 16.0 Å². The van der Waals surface area contributed by atoms with E-state index in [1.807, 2.05) is 0 Å². The number of nitrogens with zero attached hydrogens (tertiary/aromatic N) is 1. The van der Waals surface area contributed by atoms with Crippen LogP contribution in [0.1, 0.15) is 26.5 Å². The van der Waals surface area contributed by atoms with Crippen LogP contribution in [0.5, 0.6) is 0 Å². The standard InChI is InChI=1S/C20H10ClNO5/c21-17-9-11(22(25)26)5-7-15(17)18-8-6-12(27-18)10-16-19(23)13-3-1-2-4-14(13)20(16)24/h1-10H. The maximum Gasteiger partial charge on any atom is 0.270 e. The number of carbonyl (C=O) groups is 2. The number of non-ortho nitro benzene ring substituents is 1. The largest absolute Gasteiger partial charge is 0.457 e. The van der Waals surface area contributed by atoms with E-state index >= 15 is 0 Å². The summed E-state index contributed by atoms with van der Waals surface area (Å²) in [5.74, 6) is -0.00933. The van der Waals surface area contributed by atoms with Gasteiger partial charge in [0.2, 0.25) is 0 Å². The third kappa shape index (κ3) is 2.86. The number of furan rings is 1. The minimum Gasteiger partial charge on any atom is -0.457 e. The van der Waals surface area contributed by atoms with Crippen LogP contribution in [-0.4, -0.2) is 16.5 Å². The smallest absolute Gasteiger partial charge is 0.270 e. The molecule has 0 spiro atoms. The highest BCUT2D eigenvalue weighted by molar-refractivity contribution is 6.41. The lowest BCUT2D eigenvalue weighted by Crippen LogP contribution is -1.99. The second-order valence-electron chi connectivity index (χ2n) is 5.89. The molecule has 0 unspecified atom stereocenters. The summed E-state index contributed by atoms with van der Waals surface area (Å²) >= 11 is 6.11. The Balaban J connectivity index is 1.69. The summed E-state index contributed by atoms with van der Waals surface area (Å²) in [5.41, 5.74) is 1.13. The van der Waals surface area contributed by atoms with Crippen molar-refractivity contribution < 1.29 is 18.9 Å². The normalized spacial score (nSPS) is 13.0. The number of hydrogen-bond acceptors (Lipinski definition) is 5. The zero-order valence-electron chi connectivity index (χ0n) is 13.6. The zero-order valence-corrected chi connectivity index (χ0v) is 14.4. The average Bonchev–Trinajstić information content (AvgIpc) is 3.21. The summed E-state index contributed by atoms with van der Waals surface area (Å²) in [4.78, 5) is 35.1. The van der Waals surface area contributed by atoms with Crippen LogP contribution in [0.3, 0.4) is 0 Å². The molecule has 27 heavy (non-hydrogen) atoms. The number of halogens is 1. The fraction of sp³-hybridized carbons (Fsp3) is 0. The highest BCUT2D eigenvalue weighted by Gasteiger charge is 2.32. The number of fused-ring (bicyclic) bond motifs is 1. The molecule has 0 saturated carbocycles. The number of ketones is 2. The molecule has 6 nitrogen and oxygen atoms in total. The second kappa shape index (κ2) is 6.34. The van der Waals surface area contributed by atoms with E-state index < -0.39 is 4.92 Å².